The van der Waals surface area contributed by atoms with E-state index in [1.54, 1.807) is 0 Å². The van der Waals surface area contributed by atoms with Gasteiger partial charge in [0.2, 0.25) is 0 Å². The Kier molecular flexibility index (Phi) is 4.89. The van der Waals surface area contributed by atoms with Gasteiger partial charge in [0.1, 0.15) is 0 Å². The van der Waals surface area contributed by atoms with Crippen LogP contribution in [0.2, 0.25) is 0 Å². The van der Waals surface area contributed by atoms with Gasteiger partial charge in [0.25, 0.3) is 0 Å². The van der Waals surface area contributed by atoms with Gasteiger partial charge in [-0.2, -0.15) is 0 Å². The second-order valence-electron chi connectivity index (χ2n) is 4.26. The van der Waals surface area contributed by atoms with E-state index in [1.165, 1.54) is 12.8 Å². The third kappa shape index (κ3) is 4.42. The largest absolute Gasteiger partial charge is 0.330 e. The number of unbranched alkanes of at least 4 members (excludes halogenated alkanes) is 1. The highest BCUT2D eigenvalue weighted by Crippen LogP contribution is 2.26. The predicted octanol–water partition coefficient (Wildman–Crippen LogP) is 1.33. The van der Waals surface area contributed by atoms with Crippen molar-refractivity contribution in [3.63, 3.8) is 0 Å². The minimum atomic E-state index is -2.79. The standard InChI is InChI=1S/C10H21NO2S/c11-7-3-4-8-14(12,13)9-10-5-1-2-6-10/h10H,1-9,11H2. The summed E-state index contributed by atoms with van der Waals surface area (Å²) in [6.07, 6.45) is 6.19. The van der Waals surface area contributed by atoms with Gasteiger partial charge in [0.05, 0.1) is 11.5 Å². The van der Waals surface area contributed by atoms with E-state index in [0.717, 1.165) is 25.7 Å². The van der Waals surface area contributed by atoms with Gasteiger partial charge in [-0.05, 0) is 38.1 Å². The van der Waals surface area contributed by atoms with Crippen LogP contribution in [-0.4, -0.2) is 26.5 Å². The number of hydrogen-bond acceptors (Lipinski definition) is 3. The van der Waals surface area contributed by atoms with Crippen molar-refractivity contribution in [1.29, 1.82) is 0 Å². The molecule has 4 heteroatoms. The monoisotopic (exact) mass is 219 g/mol. The van der Waals surface area contributed by atoms with Crippen molar-refractivity contribution in [2.24, 2.45) is 11.7 Å². The fourth-order valence-corrected chi connectivity index (χ4v) is 3.95. The first kappa shape index (κ1) is 12.0. The van der Waals surface area contributed by atoms with Crippen molar-refractivity contribution in [2.75, 3.05) is 18.1 Å². The molecule has 0 aromatic rings. The van der Waals surface area contributed by atoms with E-state index in [2.05, 4.69) is 0 Å². The van der Waals surface area contributed by atoms with Crippen LogP contribution in [0, 0.1) is 5.92 Å². The van der Waals surface area contributed by atoms with Crippen LogP contribution in [0.5, 0.6) is 0 Å². The fraction of sp³-hybridized carbons (Fsp3) is 1.00. The number of hydrogen-bond donors (Lipinski definition) is 1. The molecule has 0 amide bonds. The number of nitrogens with two attached hydrogens (primary N) is 1. The van der Waals surface area contributed by atoms with E-state index in [4.69, 9.17) is 5.73 Å². The first-order valence-electron chi connectivity index (χ1n) is 5.54. The molecule has 0 radical (unpaired) electrons. The zero-order valence-electron chi connectivity index (χ0n) is 8.74. The van der Waals surface area contributed by atoms with Crippen molar-refractivity contribution in [3.05, 3.63) is 0 Å². The molecule has 1 aliphatic rings. The van der Waals surface area contributed by atoms with Gasteiger partial charge < -0.3 is 5.73 Å². The van der Waals surface area contributed by atoms with Gasteiger partial charge in [-0.15, -0.1) is 0 Å². The first-order valence-corrected chi connectivity index (χ1v) is 7.37. The van der Waals surface area contributed by atoms with Crippen molar-refractivity contribution in [1.82, 2.24) is 0 Å². The average Bonchev–Trinajstić information content (AvgIpc) is 2.56. The van der Waals surface area contributed by atoms with E-state index in [9.17, 15) is 8.42 Å². The Morgan fingerprint density at radius 1 is 1.14 bits per heavy atom. The predicted molar refractivity (Wildman–Crippen MR) is 58.9 cm³/mol. The summed E-state index contributed by atoms with van der Waals surface area (Å²) < 4.78 is 23.2. The Morgan fingerprint density at radius 3 is 2.36 bits per heavy atom. The van der Waals surface area contributed by atoms with Crippen LogP contribution in [0.4, 0.5) is 0 Å². The van der Waals surface area contributed by atoms with Crippen LogP contribution in [0.15, 0.2) is 0 Å². The Bertz CT molecular complexity index is 243. The molecular formula is C10H21NO2S. The van der Waals surface area contributed by atoms with Gasteiger partial charge in [0.15, 0.2) is 9.84 Å². The SMILES string of the molecule is NCCCCS(=O)(=O)CC1CCCC1. The summed E-state index contributed by atoms with van der Waals surface area (Å²) in [5.41, 5.74) is 5.33. The summed E-state index contributed by atoms with van der Waals surface area (Å²) in [5, 5.41) is 0. The minimum absolute atomic E-state index is 0.334. The Labute approximate surface area is 87.0 Å². The van der Waals surface area contributed by atoms with Crippen LogP contribution in [-0.2, 0) is 9.84 Å². The normalized spacial score (nSPS) is 18.9. The highest BCUT2D eigenvalue weighted by Gasteiger charge is 2.21. The molecular weight excluding hydrogens is 198 g/mol. The van der Waals surface area contributed by atoms with E-state index in [1.807, 2.05) is 0 Å². The van der Waals surface area contributed by atoms with Crippen LogP contribution in [0.25, 0.3) is 0 Å². The van der Waals surface area contributed by atoms with E-state index < -0.39 is 9.84 Å². The molecule has 0 unspecified atom stereocenters. The molecule has 1 aliphatic carbocycles. The smallest absolute Gasteiger partial charge is 0.150 e. The highest BCUT2D eigenvalue weighted by atomic mass is 32.2. The molecule has 1 fully saturated rings. The molecule has 2 N–H and O–H groups in total. The van der Waals surface area contributed by atoms with Crippen LogP contribution < -0.4 is 5.73 Å². The lowest BCUT2D eigenvalue weighted by molar-refractivity contribution is 0.556. The second kappa shape index (κ2) is 5.71. The highest BCUT2D eigenvalue weighted by molar-refractivity contribution is 7.91. The topological polar surface area (TPSA) is 60.2 Å². The molecule has 0 aromatic heterocycles. The van der Waals surface area contributed by atoms with Crippen LogP contribution >= 0.6 is 0 Å². The molecule has 0 atom stereocenters. The Balaban J connectivity index is 2.26. The summed E-state index contributed by atoms with van der Waals surface area (Å²) in [4.78, 5) is 0. The van der Waals surface area contributed by atoms with Crippen molar-refractivity contribution >= 4 is 9.84 Å². The quantitative estimate of drug-likeness (QED) is 0.686. The molecule has 0 bridgehead atoms. The molecule has 3 nitrogen and oxygen atoms in total. The van der Waals surface area contributed by atoms with Gasteiger partial charge in [0, 0.05) is 0 Å². The molecule has 84 valence electrons. The number of rotatable bonds is 6. The third-order valence-corrected chi connectivity index (χ3v) is 4.76. The maximum Gasteiger partial charge on any atom is 0.150 e. The molecule has 0 aliphatic heterocycles. The molecule has 0 heterocycles. The van der Waals surface area contributed by atoms with Crippen molar-refractivity contribution in [2.45, 2.75) is 38.5 Å². The number of sulfone groups is 1. The lowest BCUT2D eigenvalue weighted by Gasteiger charge is -2.09. The summed E-state index contributed by atoms with van der Waals surface area (Å²) in [7, 11) is -2.79. The summed E-state index contributed by atoms with van der Waals surface area (Å²) in [6.45, 7) is 0.596. The Hall–Kier alpha value is -0.0900. The fourth-order valence-electron chi connectivity index (χ4n) is 2.09. The van der Waals surface area contributed by atoms with Crippen LogP contribution in [0.1, 0.15) is 38.5 Å². The van der Waals surface area contributed by atoms with Gasteiger partial charge in [-0.3, -0.25) is 0 Å². The zero-order chi connectivity index (χ0) is 10.4. The summed E-state index contributed by atoms with van der Waals surface area (Å²) in [6, 6.07) is 0. The van der Waals surface area contributed by atoms with E-state index >= 15 is 0 Å². The first-order chi connectivity index (χ1) is 6.64. The second-order valence-corrected chi connectivity index (χ2v) is 6.49. The lowest BCUT2D eigenvalue weighted by atomic mass is 10.1. The maximum atomic E-state index is 11.6. The molecule has 0 spiro atoms. The Morgan fingerprint density at radius 2 is 1.79 bits per heavy atom. The molecule has 1 rings (SSSR count). The molecule has 1 saturated carbocycles. The molecule has 0 saturated heterocycles. The van der Waals surface area contributed by atoms with Crippen molar-refractivity contribution < 1.29 is 8.42 Å². The summed E-state index contributed by atoms with van der Waals surface area (Å²) in [5.74, 6) is 1.19. The summed E-state index contributed by atoms with van der Waals surface area (Å²) >= 11 is 0. The minimum Gasteiger partial charge on any atom is -0.330 e. The molecule has 14 heavy (non-hydrogen) atoms. The van der Waals surface area contributed by atoms with Crippen molar-refractivity contribution in [3.8, 4) is 0 Å². The van der Waals surface area contributed by atoms with Gasteiger partial charge in [-0.1, -0.05) is 12.8 Å². The lowest BCUT2D eigenvalue weighted by Crippen LogP contribution is -2.17. The zero-order valence-corrected chi connectivity index (χ0v) is 9.56. The van der Waals surface area contributed by atoms with Crippen LogP contribution in [0.3, 0.4) is 0 Å². The third-order valence-electron chi connectivity index (χ3n) is 2.87. The average molecular weight is 219 g/mol. The van der Waals surface area contributed by atoms with E-state index in [-0.39, 0.29) is 0 Å². The molecule has 0 aromatic carbocycles. The van der Waals surface area contributed by atoms with Gasteiger partial charge >= 0.3 is 0 Å². The van der Waals surface area contributed by atoms with E-state index in [0.29, 0.717) is 24.0 Å². The van der Waals surface area contributed by atoms with Gasteiger partial charge in [-0.25, -0.2) is 8.42 Å². The maximum absolute atomic E-state index is 11.6.